The van der Waals surface area contributed by atoms with Crippen LogP contribution in [-0.4, -0.2) is 11.4 Å². The van der Waals surface area contributed by atoms with Crippen LogP contribution < -0.4 is 5.32 Å². The van der Waals surface area contributed by atoms with Crippen molar-refractivity contribution in [3.8, 4) is 24.9 Å². The van der Waals surface area contributed by atoms with Crippen LogP contribution in [0.4, 0.5) is 0 Å². The van der Waals surface area contributed by atoms with Crippen molar-refractivity contribution in [2.75, 3.05) is 6.26 Å². The summed E-state index contributed by atoms with van der Waals surface area (Å²) in [4.78, 5) is 3.59. The van der Waals surface area contributed by atoms with Crippen molar-refractivity contribution < 1.29 is 0 Å². The lowest BCUT2D eigenvalue weighted by molar-refractivity contribution is 1.38. The summed E-state index contributed by atoms with van der Waals surface area (Å²) in [7, 11) is 0. The van der Waals surface area contributed by atoms with Crippen LogP contribution in [0.25, 0.3) is 0 Å². The van der Waals surface area contributed by atoms with Crippen LogP contribution in [0.3, 0.4) is 0 Å². The average Bonchev–Trinajstić information content (AvgIpc) is 1.88. The molecule has 9 heavy (non-hydrogen) atoms. The predicted molar refractivity (Wildman–Crippen MR) is 41.8 cm³/mol. The van der Waals surface area contributed by atoms with E-state index in [9.17, 15) is 0 Å². The molecule has 0 saturated carbocycles. The Morgan fingerprint density at radius 2 is 2.33 bits per heavy atom. The molecular weight excluding hydrogens is 132 g/mol. The quantitative estimate of drug-likeness (QED) is 0.228. The van der Waals surface area contributed by atoms with Gasteiger partial charge in [0.2, 0.25) is 0 Å². The molecule has 0 aliphatic rings. The summed E-state index contributed by atoms with van der Waals surface area (Å²) in [5.74, 6) is 0. The van der Waals surface area contributed by atoms with E-state index in [1.807, 2.05) is 6.26 Å². The Hall–Kier alpha value is -1.06. The minimum atomic E-state index is 0.569. The van der Waals surface area contributed by atoms with Crippen LogP contribution in [0, 0.1) is 24.9 Å². The molecule has 3 heteroatoms. The highest BCUT2D eigenvalue weighted by molar-refractivity contribution is 8.13. The Balaban J connectivity index is 3.89. The van der Waals surface area contributed by atoms with Crippen LogP contribution in [0.1, 0.15) is 0 Å². The van der Waals surface area contributed by atoms with E-state index in [0.717, 1.165) is 0 Å². The van der Waals surface area contributed by atoms with E-state index in [2.05, 4.69) is 22.4 Å². The molecule has 0 atom stereocenters. The lowest BCUT2D eigenvalue weighted by atomic mass is 11.0. The second-order valence-electron chi connectivity index (χ2n) is 1.02. The van der Waals surface area contributed by atoms with E-state index in [0.29, 0.717) is 5.17 Å². The average molecular weight is 138 g/mol. The maximum absolute atomic E-state index is 4.91. The van der Waals surface area contributed by atoms with E-state index < -0.39 is 0 Å². The Morgan fingerprint density at radius 1 is 1.67 bits per heavy atom. The van der Waals surface area contributed by atoms with Crippen molar-refractivity contribution in [1.29, 1.82) is 0 Å². The maximum atomic E-state index is 4.91. The number of nitrogens with one attached hydrogen (secondary N) is 1. The van der Waals surface area contributed by atoms with Gasteiger partial charge in [-0.05, 0) is 6.26 Å². The fraction of sp³-hybridized carbons (Fsp3) is 0.167. The van der Waals surface area contributed by atoms with Gasteiger partial charge in [-0.2, -0.15) is 4.99 Å². The number of hydrogen-bond acceptors (Lipinski definition) is 2. The normalized spacial score (nSPS) is 9.44. The first-order valence-corrected chi connectivity index (χ1v) is 3.36. The van der Waals surface area contributed by atoms with E-state index >= 15 is 0 Å². The number of amidine groups is 1. The molecule has 0 spiro atoms. The SMILES string of the molecule is C#CN=C(NC#C)SC. The Bertz CT molecular complexity index is 182. The van der Waals surface area contributed by atoms with E-state index in [1.54, 1.807) is 0 Å². The molecule has 2 nitrogen and oxygen atoms in total. The molecule has 1 N–H and O–H groups in total. The third-order valence-corrected chi connectivity index (χ3v) is 1.12. The molecular formula is C6H6N2S. The van der Waals surface area contributed by atoms with Crippen LogP contribution in [0.2, 0.25) is 0 Å². The summed E-state index contributed by atoms with van der Waals surface area (Å²) in [6.45, 7) is 0. The van der Waals surface area contributed by atoms with Crippen LogP contribution in [0.15, 0.2) is 4.99 Å². The van der Waals surface area contributed by atoms with Crippen LogP contribution in [-0.2, 0) is 0 Å². The predicted octanol–water partition coefficient (Wildman–Crippen LogP) is 0.476. The van der Waals surface area contributed by atoms with Gasteiger partial charge in [-0.15, -0.1) is 0 Å². The number of thioether (sulfide) groups is 1. The van der Waals surface area contributed by atoms with Crippen molar-refractivity contribution in [2.24, 2.45) is 4.99 Å². The molecule has 0 rings (SSSR count). The summed E-state index contributed by atoms with van der Waals surface area (Å²) in [6, 6.07) is 4.32. The number of terminal acetylenes is 2. The molecule has 0 fully saturated rings. The zero-order chi connectivity index (χ0) is 7.11. The van der Waals surface area contributed by atoms with Gasteiger partial charge < -0.3 is 0 Å². The largest absolute Gasteiger partial charge is 0.293 e. The van der Waals surface area contributed by atoms with E-state index in [-0.39, 0.29) is 0 Å². The first-order chi connectivity index (χ1) is 4.35. The Labute approximate surface area is 59.1 Å². The molecule has 0 aliphatic heterocycles. The molecule has 0 aromatic carbocycles. The lowest BCUT2D eigenvalue weighted by Gasteiger charge is -1.93. The minimum absolute atomic E-state index is 0.569. The molecule has 0 heterocycles. The smallest absolute Gasteiger partial charge is 0.182 e. The maximum Gasteiger partial charge on any atom is 0.182 e. The highest BCUT2D eigenvalue weighted by atomic mass is 32.2. The molecule has 0 radical (unpaired) electrons. The van der Waals surface area contributed by atoms with Gasteiger partial charge in [-0.1, -0.05) is 24.6 Å². The van der Waals surface area contributed by atoms with E-state index in [1.165, 1.54) is 11.8 Å². The molecule has 0 saturated heterocycles. The van der Waals surface area contributed by atoms with Crippen molar-refractivity contribution in [3.63, 3.8) is 0 Å². The summed E-state index contributed by atoms with van der Waals surface area (Å²) >= 11 is 1.37. The van der Waals surface area contributed by atoms with Gasteiger partial charge in [-0.25, -0.2) is 0 Å². The lowest BCUT2D eigenvalue weighted by Crippen LogP contribution is -2.12. The van der Waals surface area contributed by atoms with Gasteiger partial charge >= 0.3 is 0 Å². The van der Waals surface area contributed by atoms with Gasteiger partial charge in [0.15, 0.2) is 5.17 Å². The second-order valence-corrected chi connectivity index (χ2v) is 1.81. The number of nitrogens with zero attached hydrogens (tertiary/aromatic N) is 1. The first kappa shape index (κ1) is 7.94. The number of aliphatic imine (C=N–C) groups is 1. The summed E-state index contributed by atoms with van der Waals surface area (Å²) in [6.07, 6.45) is 11.6. The Kier molecular flexibility index (Phi) is 4.49. The fourth-order valence-electron chi connectivity index (χ4n) is 0.245. The number of hydrogen-bond donors (Lipinski definition) is 1. The van der Waals surface area contributed by atoms with Crippen molar-refractivity contribution in [3.05, 3.63) is 0 Å². The molecule has 0 bridgehead atoms. The standard InChI is InChI=1S/C6H6N2S/c1-4-7-6(9-3)8-5-2/h1-2H,3H3,(H,7,8). The van der Waals surface area contributed by atoms with Crippen molar-refractivity contribution in [2.45, 2.75) is 0 Å². The molecule has 0 aromatic heterocycles. The first-order valence-electron chi connectivity index (χ1n) is 2.14. The highest BCUT2D eigenvalue weighted by Gasteiger charge is 1.87. The summed E-state index contributed by atoms with van der Waals surface area (Å²) in [5, 5.41) is 3.10. The zero-order valence-electron chi connectivity index (χ0n) is 5.01. The summed E-state index contributed by atoms with van der Waals surface area (Å²) in [5.41, 5.74) is 0. The van der Waals surface area contributed by atoms with Crippen LogP contribution in [0.5, 0.6) is 0 Å². The molecule has 0 unspecified atom stereocenters. The zero-order valence-corrected chi connectivity index (χ0v) is 5.83. The van der Waals surface area contributed by atoms with E-state index in [4.69, 9.17) is 12.8 Å². The highest BCUT2D eigenvalue weighted by Crippen LogP contribution is 1.91. The number of rotatable bonds is 0. The van der Waals surface area contributed by atoms with Gasteiger partial charge in [0.25, 0.3) is 0 Å². The summed E-state index contributed by atoms with van der Waals surface area (Å²) < 4.78 is 0. The Morgan fingerprint density at radius 3 is 2.67 bits per heavy atom. The topological polar surface area (TPSA) is 24.4 Å². The molecule has 0 aliphatic carbocycles. The fourth-order valence-corrected chi connectivity index (χ4v) is 0.550. The third-order valence-electron chi connectivity index (χ3n) is 0.539. The van der Waals surface area contributed by atoms with Gasteiger partial charge in [0.05, 0.1) is 0 Å². The molecule has 0 aromatic rings. The second kappa shape index (κ2) is 5.08. The van der Waals surface area contributed by atoms with Crippen molar-refractivity contribution in [1.82, 2.24) is 5.32 Å². The van der Waals surface area contributed by atoms with Crippen LogP contribution >= 0.6 is 11.8 Å². The van der Waals surface area contributed by atoms with Gasteiger partial charge in [-0.3, -0.25) is 5.32 Å². The third kappa shape index (κ3) is 3.52. The van der Waals surface area contributed by atoms with Gasteiger partial charge in [0, 0.05) is 12.1 Å². The minimum Gasteiger partial charge on any atom is -0.293 e. The van der Waals surface area contributed by atoms with Crippen molar-refractivity contribution >= 4 is 16.9 Å². The monoisotopic (exact) mass is 138 g/mol. The molecule has 0 amide bonds. The van der Waals surface area contributed by atoms with Gasteiger partial charge in [0.1, 0.15) is 0 Å². The molecule has 46 valence electrons.